The quantitative estimate of drug-likeness (QED) is 0.906. The van der Waals surface area contributed by atoms with Gasteiger partial charge in [-0.15, -0.1) is 0 Å². The molecule has 21 heavy (non-hydrogen) atoms. The van der Waals surface area contributed by atoms with Crippen LogP contribution < -0.4 is 11.1 Å². The molecule has 108 valence electrons. The molecule has 0 fully saturated rings. The van der Waals surface area contributed by atoms with E-state index in [1.54, 1.807) is 22.9 Å². The first-order valence-corrected chi connectivity index (χ1v) is 6.51. The van der Waals surface area contributed by atoms with Gasteiger partial charge in [-0.05, 0) is 30.7 Å². The van der Waals surface area contributed by atoms with Crippen molar-refractivity contribution in [3.63, 3.8) is 0 Å². The maximum Gasteiger partial charge on any atom is 0.272 e. The number of carbonyl (C=O) groups excluding carboxylic acids is 1. The molecule has 1 aromatic heterocycles. The number of nitrogen functional groups attached to an aromatic ring is 1. The Morgan fingerprint density at radius 3 is 2.90 bits per heavy atom. The number of aromatic nitrogens is 1. The SMILES string of the molecule is CCCn1cc(N)cc1C(=O)Nc1ccc(F)c(C#N)c1. The zero-order chi connectivity index (χ0) is 15.4. The predicted molar refractivity (Wildman–Crippen MR) is 78.2 cm³/mol. The van der Waals surface area contributed by atoms with Gasteiger partial charge in [-0.2, -0.15) is 5.26 Å². The minimum absolute atomic E-state index is 0.115. The maximum absolute atomic E-state index is 13.2. The number of carbonyl (C=O) groups is 1. The lowest BCUT2D eigenvalue weighted by molar-refractivity contribution is 0.101. The number of nitrogens with one attached hydrogen (secondary N) is 1. The van der Waals surface area contributed by atoms with Crippen molar-refractivity contribution in [2.75, 3.05) is 11.1 Å². The number of halogens is 1. The van der Waals surface area contributed by atoms with E-state index in [1.165, 1.54) is 12.1 Å². The Kier molecular flexibility index (Phi) is 4.24. The molecule has 0 aliphatic rings. The van der Waals surface area contributed by atoms with E-state index >= 15 is 0 Å². The van der Waals surface area contributed by atoms with E-state index in [2.05, 4.69) is 5.32 Å². The number of benzene rings is 1. The third kappa shape index (κ3) is 3.20. The van der Waals surface area contributed by atoms with Crippen LogP contribution in [0.1, 0.15) is 29.4 Å². The van der Waals surface area contributed by atoms with Crippen LogP contribution in [0.4, 0.5) is 15.8 Å². The molecule has 0 saturated carbocycles. The second-order valence-corrected chi connectivity index (χ2v) is 4.61. The van der Waals surface area contributed by atoms with E-state index in [0.717, 1.165) is 12.5 Å². The number of aryl methyl sites for hydroxylation is 1. The largest absolute Gasteiger partial charge is 0.397 e. The molecule has 6 heteroatoms. The molecule has 0 spiro atoms. The smallest absolute Gasteiger partial charge is 0.272 e. The van der Waals surface area contributed by atoms with Gasteiger partial charge in [-0.25, -0.2) is 4.39 Å². The van der Waals surface area contributed by atoms with E-state index in [4.69, 9.17) is 11.0 Å². The second-order valence-electron chi connectivity index (χ2n) is 4.61. The standard InChI is InChI=1S/C15H15FN4O/c1-2-5-20-9-11(18)7-14(20)15(21)19-12-3-4-13(16)10(6-12)8-17/h3-4,6-7,9H,2,5,18H2,1H3,(H,19,21). The van der Waals surface area contributed by atoms with Crippen LogP contribution in [0.15, 0.2) is 30.5 Å². The fourth-order valence-corrected chi connectivity index (χ4v) is 2.03. The van der Waals surface area contributed by atoms with Crippen molar-refractivity contribution in [3.05, 3.63) is 47.5 Å². The topological polar surface area (TPSA) is 83.8 Å². The van der Waals surface area contributed by atoms with E-state index in [1.807, 2.05) is 6.92 Å². The van der Waals surface area contributed by atoms with Crippen molar-refractivity contribution in [3.8, 4) is 6.07 Å². The van der Waals surface area contributed by atoms with Crippen LogP contribution >= 0.6 is 0 Å². The Morgan fingerprint density at radius 2 is 2.24 bits per heavy atom. The molecule has 1 aromatic carbocycles. The average Bonchev–Trinajstić information content (AvgIpc) is 2.82. The van der Waals surface area contributed by atoms with Crippen LogP contribution in [0.3, 0.4) is 0 Å². The summed E-state index contributed by atoms with van der Waals surface area (Å²) in [4.78, 5) is 12.2. The lowest BCUT2D eigenvalue weighted by Crippen LogP contribution is -2.16. The van der Waals surface area contributed by atoms with Gasteiger partial charge in [0, 0.05) is 18.4 Å². The Balaban J connectivity index is 2.24. The number of hydrogen-bond donors (Lipinski definition) is 2. The van der Waals surface area contributed by atoms with Crippen LogP contribution in [0, 0.1) is 17.1 Å². The van der Waals surface area contributed by atoms with Gasteiger partial charge >= 0.3 is 0 Å². The van der Waals surface area contributed by atoms with E-state index < -0.39 is 5.82 Å². The molecule has 0 radical (unpaired) electrons. The number of nitrogens with zero attached hydrogens (tertiary/aromatic N) is 2. The lowest BCUT2D eigenvalue weighted by Gasteiger charge is -2.09. The maximum atomic E-state index is 13.2. The van der Waals surface area contributed by atoms with E-state index in [-0.39, 0.29) is 11.5 Å². The van der Waals surface area contributed by atoms with Crippen LogP contribution in [0.25, 0.3) is 0 Å². The monoisotopic (exact) mass is 286 g/mol. The average molecular weight is 286 g/mol. The van der Waals surface area contributed by atoms with E-state index in [0.29, 0.717) is 23.6 Å². The summed E-state index contributed by atoms with van der Waals surface area (Å²) in [6.07, 6.45) is 2.56. The number of anilines is 2. The third-order valence-corrected chi connectivity index (χ3v) is 2.96. The predicted octanol–water partition coefficient (Wildman–Crippen LogP) is 2.74. The van der Waals surface area contributed by atoms with Gasteiger partial charge in [0.05, 0.1) is 11.3 Å². The van der Waals surface area contributed by atoms with Crippen molar-refractivity contribution in [2.45, 2.75) is 19.9 Å². The Morgan fingerprint density at radius 1 is 1.48 bits per heavy atom. The summed E-state index contributed by atoms with van der Waals surface area (Å²) < 4.78 is 15.0. The highest BCUT2D eigenvalue weighted by Gasteiger charge is 2.13. The van der Waals surface area contributed by atoms with Crippen LogP contribution in [-0.2, 0) is 6.54 Å². The molecule has 0 unspecified atom stereocenters. The molecule has 3 N–H and O–H groups in total. The zero-order valence-electron chi connectivity index (χ0n) is 11.6. The highest BCUT2D eigenvalue weighted by Crippen LogP contribution is 2.17. The third-order valence-electron chi connectivity index (χ3n) is 2.96. The van der Waals surface area contributed by atoms with Crippen molar-refractivity contribution in [2.24, 2.45) is 0 Å². The minimum Gasteiger partial charge on any atom is -0.397 e. The Bertz CT molecular complexity index is 715. The van der Waals surface area contributed by atoms with Crippen LogP contribution in [-0.4, -0.2) is 10.5 Å². The molecular formula is C15H15FN4O. The van der Waals surface area contributed by atoms with Crippen molar-refractivity contribution < 1.29 is 9.18 Å². The molecule has 5 nitrogen and oxygen atoms in total. The van der Waals surface area contributed by atoms with Crippen molar-refractivity contribution >= 4 is 17.3 Å². The van der Waals surface area contributed by atoms with Gasteiger partial charge in [0.15, 0.2) is 0 Å². The highest BCUT2D eigenvalue weighted by molar-refractivity contribution is 6.03. The summed E-state index contributed by atoms with van der Waals surface area (Å²) in [6.45, 7) is 2.67. The van der Waals surface area contributed by atoms with Crippen LogP contribution in [0.5, 0.6) is 0 Å². The fraction of sp³-hybridized carbons (Fsp3) is 0.200. The molecule has 0 saturated heterocycles. The molecule has 0 bridgehead atoms. The number of nitriles is 1. The Labute approximate surface area is 121 Å². The molecule has 0 atom stereocenters. The van der Waals surface area contributed by atoms with Crippen molar-refractivity contribution in [1.29, 1.82) is 5.26 Å². The highest BCUT2D eigenvalue weighted by atomic mass is 19.1. The molecule has 2 aromatic rings. The van der Waals surface area contributed by atoms with Gasteiger partial charge in [0.25, 0.3) is 5.91 Å². The second kappa shape index (κ2) is 6.09. The number of rotatable bonds is 4. The summed E-state index contributed by atoms with van der Waals surface area (Å²) in [6, 6.07) is 7.17. The van der Waals surface area contributed by atoms with Crippen molar-refractivity contribution in [1.82, 2.24) is 4.57 Å². The minimum atomic E-state index is -0.617. The first-order valence-electron chi connectivity index (χ1n) is 6.51. The first-order chi connectivity index (χ1) is 10.0. The van der Waals surface area contributed by atoms with Gasteiger partial charge in [0.1, 0.15) is 17.6 Å². The lowest BCUT2D eigenvalue weighted by atomic mass is 10.2. The molecule has 1 amide bonds. The van der Waals surface area contributed by atoms with Gasteiger partial charge < -0.3 is 15.6 Å². The van der Waals surface area contributed by atoms with Crippen LogP contribution in [0.2, 0.25) is 0 Å². The number of hydrogen-bond acceptors (Lipinski definition) is 3. The molecule has 0 aliphatic heterocycles. The molecular weight excluding hydrogens is 271 g/mol. The summed E-state index contributed by atoms with van der Waals surface area (Å²) in [7, 11) is 0. The zero-order valence-corrected chi connectivity index (χ0v) is 11.6. The van der Waals surface area contributed by atoms with Gasteiger partial charge in [0.2, 0.25) is 0 Å². The molecule has 1 heterocycles. The summed E-state index contributed by atoms with van der Waals surface area (Å²) in [5, 5.41) is 11.4. The summed E-state index contributed by atoms with van der Waals surface area (Å²) in [5.74, 6) is -0.968. The van der Waals surface area contributed by atoms with Gasteiger partial charge in [-0.1, -0.05) is 6.92 Å². The fourth-order valence-electron chi connectivity index (χ4n) is 2.03. The summed E-state index contributed by atoms with van der Waals surface area (Å²) >= 11 is 0. The van der Waals surface area contributed by atoms with E-state index in [9.17, 15) is 9.18 Å². The number of amides is 1. The first kappa shape index (κ1) is 14.6. The molecule has 2 rings (SSSR count). The Hall–Kier alpha value is -2.81. The number of nitrogens with two attached hydrogens (primary N) is 1. The normalized spacial score (nSPS) is 10.1. The molecule has 0 aliphatic carbocycles. The summed E-state index contributed by atoms with van der Waals surface area (Å²) in [5.41, 5.74) is 6.89. The van der Waals surface area contributed by atoms with Gasteiger partial charge in [-0.3, -0.25) is 4.79 Å².